The lowest BCUT2D eigenvalue weighted by atomic mass is 10.1. The Morgan fingerprint density at radius 3 is 2.39 bits per heavy atom. The van der Waals surface area contributed by atoms with E-state index < -0.39 is 12.0 Å². The lowest BCUT2D eigenvalue weighted by Crippen LogP contribution is -2.13. The third-order valence-electron chi connectivity index (χ3n) is 4.36. The fraction of sp³-hybridized carbons (Fsp3) is 0.150. The standard InChI is InChI=1S/C20H15F3N4O/c1-11-13-7-4-6-10-16(13)28-17(11)12(2)26-27-18-14-8-3-5-9-15(14)24-19(25-18)20(21,22)23/h3-10H,1-2H3,(H,24,25,27). The molecule has 0 aliphatic carbocycles. The van der Waals surface area contributed by atoms with Crippen molar-refractivity contribution in [2.45, 2.75) is 20.0 Å². The van der Waals surface area contributed by atoms with Gasteiger partial charge in [0.1, 0.15) is 11.3 Å². The maximum atomic E-state index is 13.1. The SMILES string of the molecule is CC(=NNc1nc(C(F)(F)F)nc2ccccc12)c1oc2ccccc2c1C. The fourth-order valence-electron chi connectivity index (χ4n) is 3.00. The van der Waals surface area contributed by atoms with Crippen LogP contribution in [0.5, 0.6) is 0 Å². The number of furan rings is 1. The van der Waals surface area contributed by atoms with Gasteiger partial charge in [-0.05, 0) is 32.0 Å². The molecule has 4 rings (SSSR count). The van der Waals surface area contributed by atoms with Crippen molar-refractivity contribution in [1.82, 2.24) is 9.97 Å². The van der Waals surface area contributed by atoms with Gasteiger partial charge < -0.3 is 4.42 Å². The van der Waals surface area contributed by atoms with Crippen LogP contribution >= 0.6 is 0 Å². The number of hydrogen-bond acceptors (Lipinski definition) is 5. The number of fused-ring (bicyclic) bond motifs is 2. The minimum atomic E-state index is -4.66. The second-order valence-electron chi connectivity index (χ2n) is 6.27. The van der Waals surface area contributed by atoms with E-state index in [1.165, 1.54) is 6.07 Å². The molecule has 1 N–H and O–H groups in total. The van der Waals surface area contributed by atoms with E-state index in [9.17, 15) is 13.2 Å². The monoisotopic (exact) mass is 384 g/mol. The Bertz CT molecular complexity index is 1210. The van der Waals surface area contributed by atoms with E-state index >= 15 is 0 Å². The highest BCUT2D eigenvalue weighted by atomic mass is 19.4. The second kappa shape index (κ2) is 6.63. The molecule has 0 fully saturated rings. The van der Waals surface area contributed by atoms with Gasteiger partial charge in [-0.15, -0.1) is 0 Å². The predicted molar refractivity (Wildman–Crippen MR) is 101 cm³/mol. The number of alkyl halides is 3. The van der Waals surface area contributed by atoms with Crippen LogP contribution in [0.2, 0.25) is 0 Å². The molecule has 0 saturated heterocycles. The number of hydrogen-bond donors (Lipinski definition) is 1. The van der Waals surface area contributed by atoms with Crippen LogP contribution < -0.4 is 5.43 Å². The van der Waals surface area contributed by atoms with Crippen molar-refractivity contribution in [1.29, 1.82) is 0 Å². The minimum absolute atomic E-state index is 0.0222. The number of aromatic nitrogens is 2. The van der Waals surface area contributed by atoms with Gasteiger partial charge in [0.2, 0.25) is 5.82 Å². The molecule has 0 aliphatic rings. The second-order valence-corrected chi connectivity index (χ2v) is 6.27. The summed E-state index contributed by atoms with van der Waals surface area (Å²) in [6.07, 6.45) is -4.66. The Morgan fingerprint density at radius 1 is 1.00 bits per heavy atom. The summed E-state index contributed by atoms with van der Waals surface area (Å²) in [5.74, 6) is -0.685. The predicted octanol–water partition coefficient (Wildman–Crippen LogP) is 5.54. The van der Waals surface area contributed by atoms with Gasteiger partial charge in [-0.1, -0.05) is 30.3 Å². The molecular weight excluding hydrogens is 369 g/mol. The largest absolute Gasteiger partial charge is 0.454 e. The van der Waals surface area contributed by atoms with Crippen LogP contribution in [0.25, 0.3) is 21.9 Å². The molecule has 0 spiro atoms. The highest BCUT2D eigenvalue weighted by molar-refractivity contribution is 6.02. The van der Waals surface area contributed by atoms with Crippen molar-refractivity contribution in [2.24, 2.45) is 5.10 Å². The van der Waals surface area contributed by atoms with Crippen LogP contribution in [0, 0.1) is 6.92 Å². The van der Waals surface area contributed by atoms with Crippen LogP contribution in [0.3, 0.4) is 0 Å². The van der Waals surface area contributed by atoms with Crippen LogP contribution in [0.1, 0.15) is 24.1 Å². The summed E-state index contributed by atoms with van der Waals surface area (Å²) in [4.78, 5) is 7.21. The topological polar surface area (TPSA) is 63.3 Å². The molecule has 2 aromatic carbocycles. The number of nitrogens with zero attached hydrogens (tertiary/aromatic N) is 3. The van der Waals surface area contributed by atoms with Crippen LogP contribution in [0.15, 0.2) is 58.0 Å². The maximum Gasteiger partial charge on any atom is 0.451 e. The van der Waals surface area contributed by atoms with E-state index in [-0.39, 0.29) is 11.3 Å². The molecule has 0 amide bonds. The summed E-state index contributed by atoms with van der Waals surface area (Å²) in [6, 6.07) is 14.0. The highest BCUT2D eigenvalue weighted by Crippen LogP contribution is 2.30. The number of nitrogens with one attached hydrogen (secondary N) is 1. The number of hydrazone groups is 1. The number of benzene rings is 2. The van der Waals surface area contributed by atoms with Crippen molar-refractivity contribution < 1.29 is 17.6 Å². The molecule has 0 bridgehead atoms. The molecule has 0 atom stereocenters. The normalized spacial score (nSPS) is 12.7. The van der Waals surface area contributed by atoms with Gasteiger partial charge in [-0.2, -0.15) is 18.3 Å². The number of rotatable bonds is 3. The Balaban J connectivity index is 1.76. The molecule has 0 radical (unpaired) electrons. The molecule has 0 unspecified atom stereocenters. The summed E-state index contributed by atoms with van der Waals surface area (Å²) in [6.45, 7) is 3.62. The van der Waals surface area contributed by atoms with E-state index in [1.807, 2.05) is 31.2 Å². The van der Waals surface area contributed by atoms with Gasteiger partial charge in [0.05, 0.1) is 5.52 Å². The molecule has 4 aromatic rings. The van der Waals surface area contributed by atoms with Gasteiger partial charge in [0, 0.05) is 16.3 Å². The highest BCUT2D eigenvalue weighted by Gasteiger charge is 2.35. The molecule has 2 heterocycles. The van der Waals surface area contributed by atoms with Crippen molar-refractivity contribution in [3.63, 3.8) is 0 Å². The van der Waals surface area contributed by atoms with E-state index in [4.69, 9.17) is 4.42 Å². The lowest BCUT2D eigenvalue weighted by Gasteiger charge is -2.10. The first-order valence-corrected chi connectivity index (χ1v) is 8.47. The van der Waals surface area contributed by atoms with Gasteiger partial charge in [0.15, 0.2) is 11.6 Å². The summed E-state index contributed by atoms with van der Waals surface area (Å²) in [5, 5.41) is 5.60. The van der Waals surface area contributed by atoms with Crippen molar-refractivity contribution >= 4 is 33.4 Å². The van der Waals surface area contributed by atoms with Gasteiger partial charge in [0.25, 0.3) is 0 Å². The van der Waals surface area contributed by atoms with Gasteiger partial charge in [-0.3, -0.25) is 5.43 Å². The Hall–Kier alpha value is -3.42. The summed E-state index contributed by atoms with van der Waals surface area (Å²) in [5.41, 5.74) is 4.94. The van der Waals surface area contributed by atoms with E-state index in [2.05, 4.69) is 20.5 Å². The van der Waals surface area contributed by atoms with Crippen LogP contribution in [0.4, 0.5) is 19.0 Å². The number of anilines is 1. The molecule has 0 aliphatic heterocycles. The average Bonchev–Trinajstić information content (AvgIpc) is 3.02. The van der Waals surface area contributed by atoms with E-state index in [0.717, 1.165) is 16.5 Å². The third kappa shape index (κ3) is 3.17. The van der Waals surface area contributed by atoms with E-state index in [0.29, 0.717) is 16.9 Å². The minimum Gasteiger partial charge on any atom is -0.454 e. The zero-order valence-electron chi connectivity index (χ0n) is 15.0. The zero-order chi connectivity index (χ0) is 19.9. The molecule has 0 saturated carbocycles. The summed E-state index contributed by atoms with van der Waals surface area (Å²) < 4.78 is 45.2. The first kappa shape index (κ1) is 18.0. The number of aryl methyl sites for hydroxylation is 1. The quantitative estimate of drug-likeness (QED) is 0.372. The summed E-state index contributed by atoms with van der Waals surface area (Å²) in [7, 11) is 0. The van der Waals surface area contributed by atoms with Crippen LogP contribution in [-0.4, -0.2) is 15.7 Å². The molecule has 2 aromatic heterocycles. The Labute approximate surface area is 157 Å². The molecular formula is C20H15F3N4O. The molecule has 5 nitrogen and oxygen atoms in total. The first-order chi connectivity index (χ1) is 13.3. The van der Waals surface area contributed by atoms with Crippen molar-refractivity contribution in [3.8, 4) is 0 Å². The van der Waals surface area contributed by atoms with E-state index in [1.54, 1.807) is 25.1 Å². The smallest absolute Gasteiger partial charge is 0.451 e. The first-order valence-electron chi connectivity index (χ1n) is 8.47. The average molecular weight is 384 g/mol. The van der Waals surface area contributed by atoms with Crippen LogP contribution in [-0.2, 0) is 6.18 Å². The fourth-order valence-corrected chi connectivity index (χ4v) is 3.00. The third-order valence-corrected chi connectivity index (χ3v) is 4.36. The van der Waals surface area contributed by atoms with Gasteiger partial charge in [-0.25, -0.2) is 9.97 Å². The number of para-hydroxylation sites is 2. The Kier molecular flexibility index (Phi) is 4.26. The number of halogens is 3. The lowest BCUT2D eigenvalue weighted by molar-refractivity contribution is -0.144. The summed E-state index contributed by atoms with van der Waals surface area (Å²) >= 11 is 0. The molecule has 142 valence electrons. The molecule has 8 heteroatoms. The van der Waals surface area contributed by atoms with Crippen molar-refractivity contribution in [2.75, 3.05) is 5.43 Å². The maximum absolute atomic E-state index is 13.1. The molecule has 28 heavy (non-hydrogen) atoms. The van der Waals surface area contributed by atoms with Gasteiger partial charge >= 0.3 is 6.18 Å². The Morgan fingerprint density at radius 2 is 1.68 bits per heavy atom. The zero-order valence-corrected chi connectivity index (χ0v) is 15.0. The van der Waals surface area contributed by atoms with Crippen molar-refractivity contribution in [3.05, 3.63) is 65.7 Å².